The molecule has 0 spiro atoms. The van der Waals surface area contributed by atoms with Gasteiger partial charge in [-0.2, -0.15) is 0 Å². The lowest BCUT2D eigenvalue weighted by Crippen LogP contribution is -2.57. The fourth-order valence-corrected chi connectivity index (χ4v) is 3.43. The maximum atomic E-state index is 13.1. The summed E-state index contributed by atoms with van der Waals surface area (Å²) in [6.07, 6.45) is 3.56. The third kappa shape index (κ3) is 3.94. The van der Waals surface area contributed by atoms with Gasteiger partial charge < -0.3 is 15.1 Å². The molecule has 1 aromatic carbocycles. The van der Waals surface area contributed by atoms with Crippen LogP contribution in [0.1, 0.15) is 35.3 Å². The van der Waals surface area contributed by atoms with Crippen LogP contribution in [0.3, 0.4) is 0 Å². The Kier molecular flexibility index (Phi) is 5.74. The summed E-state index contributed by atoms with van der Waals surface area (Å²) >= 11 is 0. The van der Waals surface area contributed by atoms with E-state index in [0.717, 1.165) is 16.8 Å². The van der Waals surface area contributed by atoms with Gasteiger partial charge in [0.2, 0.25) is 5.91 Å². The number of pyridine rings is 1. The van der Waals surface area contributed by atoms with Gasteiger partial charge in [0.25, 0.3) is 5.91 Å². The van der Waals surface area contributed by atoms with Crippen LogP contribution in [-0.4, -0.2) is 52.3 Å². The van der Waals surface area contributed by atoms with Crippen LogP contribution in [-0.2, 0) is 11.3 Å². The molecule has 0 unspecified atom stereocenters. The van der Waals surface area contributed by atoms with Crippen molar-refractivity contribution in [2.75, 3.05) is 25.0 Å². The minimum absolute atomic E-state index is 0.0145. The van der Waals surface area contributed by atoms with Gasteiger partial charge in [-0.3, -0.25) is 14.6 Å². The molecule has 0 radical (unpaired) electrons. The summed E-state index contributed by atoms with van der Waals surface area (Å²) in [5, 5.41) is 3.38. The zero-order chi connectivity index (χ0) is 19.4. The molecule has 27 heavy (non-hydrogen) atoms. The number of nitrogens with one attached hydrogen (secondary N) is 1. The molecular formula is C21H26N4O2. The number of piperazine rings is 1. The topological polar surface area (TPSA) is 65.5 Å². The Balaban J connectivity index is 1.76. The Bertz CT molecular complexity index is 822. The minimum Gasteiger partial charge on any atom is -0.381 e. The Labute approximate surface area is 160 Å². The summed E-state index contributed by atoms with van der Waals surface area (Å²) in [4.78, 5) is 33.1. The van der Waals surface area contributed by atoms with Crippen LogP contribution in [0.4, 0.5) is 5.69 Å². The molecule has 1 aliphatic rings. The highest BCUT2D eigenvalue weighted by Gasteiger charge is 2.34. The number of hydrogen-bond donors (Lipinski definition) is 1. The van der Waals surface area contributed by atoms with E-state index >= 15 is 0 Å². The first-order chi connectivity index (χ1) is 13.0. The highest BCUT2D eigenvalue weighted by Crippen LogP contribution is 2.23. The van der Waals surface area contributed by atoms with E-state index in [2.05, 4.69) is 10.3 Å². The number of carbonyl (C=O) groups excluding carboxylic acids is 2. The fourth-order valence-electron chi connectivity index (χ4n) is 3.43. The van der Waals surface area contributed by atoms with E-state index in [1.165, 1.54) is 0 Å². The summed E-state index contributed by atoms with van der Waals surface area (Å²) in [7, 11) is 0. The molecule has 6 nitrogen and oxygen atoms in total. The average molecular weight is 366 g/mol. The van der Waals surface area contributed by atoms with Gasteiger partial charge in [-0.05, 0) is 50.1 Å². The Morgan fingerprint density at radius 2 is 2.07 bits per heavy atom. The lowest BCUT2D eigenvalue weighted by molar-refractivity contribution is -0.139. The molecule has 6 heteroatoms. The summed E-state index contributed by atoms with van der Waals surface area (Å²) in [5.74, 6) is -0.0743. The molecular weight excluding hydrogens is 340 g/mol. The number of hydrogen-bond acceptors (Lipinski definition) is 4. The van der Waals surface area contributed by atoms with Crippen LogP contribution in [0, 0.1) is 6.92 Å². The standard InChI is InChI=1S/C21H26N4O2/c1-4-24-11-12-25(16(3)20(24)26)21(27)18-8-5-9-19(15(18)2)23-14-17-7-6-10-22-13-17/h5-10,13,16,23H,4,11-12,14H2,1-3H3/t16-/m0/s1. The third-order valence-corrected chi connectivity index (χ3v) is 5.16. The first-order valence-electron chi connectivity index (χ1n) is 9.35. The van der Waals surface area contributed by atoms with Gasteiger partial charge in [0.1, 0.15) is 6.04 Å². The van der Waals surface area contributed by atoms with Crippen molar-refractivity contribution >= 4 is 17.5 Å². The van der Waals surface area contributed by atoms with Gasteiger partial charge in [0.05, 0.1) is 0 Å². The number of anilines is 1. The summed E-state index contributed by atoms with van der Waals surface area (Å²) in [6, 6.07) is 9.14. The zero-order valence-corrected chi connectivity index (χ0v) is 16.1. The predicted octanol–water partition coefficient (Wildman–Crippen LogP) is 2.69. The first-order valence-corrected chi connectivity index (χ1v) is 9.35. The molecule has 1 aliphatic heterocycles. The molecule has 2 amide bonds. The van der Waals surface area contributed by atoms with Gasteiger partial charge in [0.15, 0.2) is 0 Å². The van der Waals surface area contributed by atoms with Crippen LogP contribution in [0.25, 0.3) is 0 Å². The second-order valence-corrected chi connectivity index (χ2v) is 6.79. The maximum absolute atomic E-state index is 13.1. The lowest BCUT2D eigenvalue weighted by Gasteiger charge is -2.39. The fraction of sp³-hybridized carbons (Fsp3) is 0.381. The number of nitrogens with zero attached hydrogens (tertiary/aromatic N) is 3. The van der Waals surface area contributed by atoms with Crippen LogP contribution < -0.4 is 5.32 Å². The van der Waals surface area contributed by atoms with Crippen molar-refractivity contribution in [3.05, 3.63) is 59.4 Å². The van der Waals surface area contributed by atoms with Crippen molar-refractivity contribution in [2.24, 2.45) is 0 Å². The van der Waals surface area contributed by atoms with Gasteiger partial charge in [-0.1, -0.05) is 12.1 Å². The molecule has 1 atom stereocenters. The quantitative estimate of drug-likeness (QED) is 0.884. The second kappa shape index (κ2) is 8.20. The molecule has 1 fully saturated rings. The molecule has 2 heterocycles. The van der Waals surface area contributed by atoms with Gasteiger partial charge in [0, 0.05) is 49.8 Å². The highest BCUT2D eigenvalue weighted by atomic mass is 16.2. The predicted molar refractivity (Wildman–Crippen MR) is 105 cm³/mol. The Morgan fingerprint density at radius 1 is 1.26 bits per heavy atom. The van der Waals surface area contributed by atoms with Gasteiger partial charge in [-0.15, -0.1) is 0 Å². The molecule has 1 N–H and O–H groups in total. The van der Waals surface area contributed by atoms with E-state index in [0.29, 0.717) is 31.7 Å². The number of benzene rings is 1. The molecule has 142 valence electrons. The summed E-state index contributed by atoms with van der Waals surface area (Å²) < 4.78 is 0. The van der Waals surface area contributed by atoms with Crippen molar-refractivity contribution in [1.29, 1.82) is 0 Å². The normalized spacial score (nSPS) is 17.1. The van der Waals surface area contributed by atoms with E-state index in [-0.39, 0.29) is 11.8 Å². The molecule has 0 saturated carbocycles. The molecule has 0 bridgehead atoms. The van der Waals surface area contributed by atoms with Crippen LogP contribution in [0.5, 0.6) is 0 Å². The number of aromatic nitrogens is 1. The summed E-state index contributed by atoms with van der Waals surface area (Å²) in [5.41, 5.74) is 3.51. The van der Waals surface area contributed by atoms with Crippen molar-refractivity contribution in [3.63, 3.8) is 0 Å². The van der Waals surface area contributed by atoms with Crippen molar-refractivity contribution in [1.82, 2.24) is 14.8 Å². The highest BCUT2D eigenvalue weighted by molar-refractivity contribution is 6.00. The van der Waals surface area contributed by atoms with Crippen molar-refractivity contribution in [3.8, 4) is 0 Å². The van der Waals surface area contributed by atoms with Crippen molar-refractivity contribution in [2.45, 2.75) is 33.4 Å². The Hall–Kier alpha value is -2.89. The number of carbonyl (C=O) groups is 2. The van der Waals surface area contributed by atoms with Crippen LogP contribution >= 0.6 is 0 Å². The number of rotatable bonds is 5. The zero-order valence-electron chi connectivity index (χ0n) is 16.1. The summed E-state index contributed by atoms with van der Waals surface area (Å²) in [6.45, 7) is 8.17. The maximum Gasteiger partial charge on any atom is 0.254 e. The van der Waals surface area contributed by atoms with E-state index in [9.17, 15) is 9.59 Å². The van der Waals surface area contributed by atoms with Gasteiger partial charge >= 0.3 is 0 Å². The van der Waals surface area contributed by atoms with E-state index in [1.54, 1.807) is 16.0 Å². The average Bonchev–Trinajstić information content (AvgIpc) is 2.69. The monoisotopic (exact) mass is 366 g/mol. The molecule has 2 aromatic rings. The van der Waals surface area contributed by atoms with Crippen molar-refractivity contribution < 1.29 is 9.59 Å². The van der Waals surface area contributed by atoms with Crippen LogP contribution in [0.2, 0.25) is 0 Å². The lowest BCUT2D eigenvalue weighted by atomic mass is 10.0. The Morgan fingerprint density at radius 3 is 2.78 bits per heavy atom. The first kappa shape index (κ1) is 18.9. The number of likely N-dealkylation sites (N-methyl/N-ethyl adjacent to an activating group) is 1. The largest absolute Gasteiger partial charge is 0.381 e. The SMILES string of the molecule is CCN1CCN(C(=O)c2cccc(NCc3cccnc3)c2C)[C@@H](C)C1=O. The molecule has 1 saturated heterocycles. The third-order valence-electron chi connectivity index (χ3n) is 5.16. The smallest absolute Gasteiger partial charge is 0.254 e. The molecule has 3 rings (SSSR count). The van der Waals surface area contributed by atoms with Crippen LogP contribution in [0.15, 0.2) is 42.7 Å². The van der Waals surface area contributed by atoms with E-state index < -0.39 is 6.04 Å². The second-order valence-electron chi connectivity index (χ2n) is 6.79. The van der Waals surface area contributed by atoms with Gasteiger partial charge in [-0.25, -0.2) is 0 Å². The number of amides is 2. The minimum atomic E-state index is -0.433. The van der Waals surface area contributed by atoms with E-state index in [4.69, 9.17) is 0 Å². The molecule has 0 aliphatic carbocycles. The molecule has 1 aromatic heterocycles. The van der Waals surface area contributed by atoms with E-state index in [1.807, 2.05) is 57.3 Å².